The number of rotatable bonds is 24. The maximum Gasteiger partial charge on any atom is 1.00 e. The Labute approximate surface area is 197 Å². The molecule has 0 aliphatic rings. The molecule has 0 aliphatic carbocycles. The average molecular weight is 405 g/mol. The standard InChI is InChI=1S/C26H52O2.Li.H/c1-2-3-4-5-6-7-8-9-10-11-12-13-14-15-16-17-18-19-20-21-22-23-24-25-26(27)28;;/h2-25H2,1H3,(H,27,28);;/q;+1;-1. The van der Waals surface area contributed by atoms with E-state index in [2.05, 4.69) is 6.92 Å². The zero-order chi connectivity index (χ0) is 20.5. The van der Waals surface area contributed by atoms with E-state index >= 15 is 0 Å². The number of aliphatic carboxylic acids is 1. The Bertz CT molecular complexity index is 313. The molecule has 0 bridgehead atoms. The summed E-state index contributed by atoms with van der Waals surface area (Å²) >= 11 is 0. The third-order valence-electron chi connectivity index (χ3n) is 5.99. The number of hydrogen-bond acceptors (Lipinski definition) is 1. The van der Waals surface area contributed by atoms with Gasteiger partial charge in [0.1, 0.15) is 0 Å². The van der Waals surface area contributed by atoms with Crippen molar-refractivity contribution in [2.24, 2.45) is 0 Å². The van der Waals surface area contributed by atoms with Crippen molar-refractivity contribution in [3.63, 3.8) is 0 Å². The van der Waals surface area contributed by atoms with Gasteiger partial charge in [-0.3, -0.25) is 4.79 Å². The summed E-state index contributed by atoms with van der Waals surface area (Å²) in [5.41, 5.74) is 0. The summed E-state index contributed by atoms with van der Waals surface area (Å²) in [5.74, 6) is -0.650. The number of hydrogen-bond donors (Lipinski definition) is 1. The van der Waals surface area contributed by atoms with Crippen molar-refractivity contribution in [1.82, 2.24) is 0 Å². The summed E-state index contributed by atoms with van der Waals surface area (Å²) in [7, 11) is 0. The number of carbonyl (C=O) groups is 1. The van der Waals surface area contributed by atoms with Gasteiger partial charge in [0.25, 0.3) is 0 Å². The molecule has 0 saturated carbocycles. The SMILES string of the molecule is CCCCCCCCCCCCCCCCCCCCCCCCCC(=O)O.[H-].[Li+]. The minimum Gasteiger partial charge on any atom is -1.00 e. The zero-order valence-electron chi connectivity index (χ0n) is 21.3. The van der Waals surface area contributed by atoms with E-state index in [1.165, 1.54) is 135 Å². The van der Waals surface area contributed by atoms with Crippen molar-refractivity contribution in [3.05, 3.63) is 0 Å². The minimum absolute atomic E-state index is 0. The summed E-state index contributed by atoms with van der Waals surface area (Å²) in [6.07, 6.45) is 32.0. The number of carboxylic acid groups (broad SMARTS) is 1. The van der Waals surface area contributed by atoms with Crippen LogP contribution in [0.4, 0.5) is 0 Å². The van der Waals surface area contributed by atoms with Crippen molar-refractivity contribution in [2.75, 3.05) is 0 Å². The summed E-state index contributed by atoms with van der Waals surface area (Å²) in [6.45, 7) is 2.29. The van der Waals surface area contributed by atoms with Gasteiger partial charge in [0.05, 0.1) is 0 Å². The van der Waals surface area contributed by atoms with Crippen LogP contribution in [0.1, 0.15) is 162 Å². The van der Waals surface area contributed by atoms with Crippen molar-refractivity contribution in [1.29, 1.82) is 0 Å². The minimum atomic E-state index is -0.650. The maximum absolute atomic E-state index is 10.4. The van der Waals surface area contributed by atoms with Gasteiger partial charge in [0, 0.05) is 6.42 Å². The smallest absolute Gasteiger partial charge is 1.00 e. The van der Waals surface area contributed by atoms with Gasteiger partial charge in [-0.15, -0.1) is 0 Å². The van der Waals surface area contributed by atoms with Crippen LogP contribution in [0.3, 0.4) is 0 Å². The van der Waals surface area contributed by atoms with Crippen molar-refractivity contribution >= 4 is 5.97 Å². The molecule has 0 spiro atoms. The Morgan fingerprint density at radius 1 is 0.483 bits per heavy atom. The van der Waals surface area contributed by atoms with E-state index in [1.54, 1.807) is 0 Å². The molecule has 0 atom stereocenters. The molecular weight excluding hydrogens is 351 g/mol. The third-order valence-corrected chi connectivity index (χ3v) is 5.99. The zero-order valence-corrected chi connectivity index (χ0v) is 20.3. The molecule has 0 radical (unpaired) electrons. The van der Waals surface area contributed by atoms with E-state index in [0.717, 1.165) is 12.8 Å². The van der Waals surface area contributed by atoms with Crippen molar-refractivity contribution < 1.29 is 30.2 Å². The van der Waals surface area contributed by atoms with Gasteiger partial charge < -0.3 is 6.53 Å². The fraction of sp³-hybridized carbons (Fsp3) is 0.962. The molecule has 3 heteroatoms. The molecule has 0 aromatic heterocycles. The molecule has 0 amide bonds. The summed E-state index contributed by atoms with van der Waals surface area (Å²) in [4.78, 5) is 10.4. The third kappa shape index (κ3) is 30.4. The topological polar surface area (TPSA) is 37.3 Å². The van der Waals surface area contributed by atoms with Crippen LogP contribution in [0, 0.1) is 0 Å². The number of carboxylic acids is 1. The van der Waals surface area contributed by atoms with Gasteiger partial charge in [-0.1, -0.05) is 148 Å². The summed E-state index contributed by atoms with van der Waals surface area (Å²) < 4.78 is 0. The van der Waals surface area contributed by atoms with E-state index in [1.807, 2.05) is 0 Å². The second kappa shape index (κ2) is 28.1. The predicted molar refractivity (Wildman–Crippen MR) is 125 cm³/mol. The van der Waals surface area contributed by atoms with E-state index in [4.69, 9.17) is 5.11 Å². The van der Waals surface area contributed by atoms with Crippen LogP contribution in [0.5, 0.6) is 0 Å². The van der Waals surface area contributed by atoms with E-state index < -0.39 is 5.97 Å². The first-order valence-corrected chi connectivity index (χ1v) is 13.0. The van der Waals surface area contributed by atoms with Gasteiger partial charge in [-0.05, 0) is 6.42 Å². The molecule has 29 heavy (non-hydrogen) atoms. The molecule has 0 aromatic carbocycles. The largest absolute Gasteiger partial charge is 1.00 e. The molecule has 0 unspecified atom stereocenters. The average Bonchev–Trinajstić information content (AvgIpc) is 2.68. The molecule has 0 heterocycles. The Hall–Kier alpha value is 0.0674. The van der Waals surface area contributed by atoms with E-state index in [0.29, 0.717) is 6.42 Å². The molecule has 0 rings (SSSR count). The second-order valence-corrected chi connectivity index (χ2v) is 8.92. The maximum atomic E-state index is 10.4. The van der Waals surface area contributed by atoms with Crippen LogP contribution >= 0.6 is 0 Å². The first-order chi connectivity index (χ1) is 13.8. The van der Waals surface area contributed by atoms with E-state index in [9.17, 15) is 4.79 Å². The van der Waals surface area contributed by atoms with Gasteiger partial charge in [0.15, 0.2) is 0 Å². The van der Waals surface area contributed by atoms with Crippen LogP contribution in [0.25, 0.3) is 0 Å². The summed E-state index contributed by atoms with van der Waals surface area (Å²) in [5, 5.41) is 8.59. The fourth-order valence-corrected chi connectivity index (χ4v) is 4.06. The molecule has 0 saturated heterocycles. The molecule has 0 fully saturated rings. The quantitative estimate of drug-likeness (QED) is 0.146. The van der Waals surface area contributed by atoms with Gasteiger partial charge in [-0.25, -0.2) is 0 Å². The monoisotopic (exact) mass is 404 g/mol. The molecule has 0 aliphatic heterocycles. The van der Waals surface area contributed by atoms with Crippen LogP contribution < -0.4 is 18.9 Å². The van der Waals surface area contributed by atoms with Gasteiger partial charge >= 0.3 is 24.8 Å². The Morgan fingerprint density at radius 3 is 0.897 bits per heavy atom. The normalized spacial score (nSPS) is 10.8. The van der Waals surface area contributed by atoms with Crippen LogP contribution in [-0.2, 0) is 4.79 Å². The first-order valence-electron chi connectivity index (χ1n) is 13.0. The molecule has 0 aromatic rings. The molecule has 170 valence electrons. The van der Waals surface area contributed by atoms with E-state index in [-0.39, 0.29) is 20.3 Å². The van der Waals surface area contributed by atoms with Crippen LogP contribution in [-0.4, -0.2) is 11.1 Å². The Kier molecular flexibility index (Phi) is 30.2. The molecular formula is C26H53LiO2. The van der Waals surface area contributed by atoms with Gasteiger partial charge in [-0.2, -0.15) is 0 Å². The van der Waals surface area contributed by atoms with Crippen LogP contribution in [0.2, 0.25) is 0 Å². The predicted octanol–water partition coefficient (Wildman–Crippen LogP) is 6.57. The Morgan fingerprint density at radius 2 is 0.690 bits per heavy atom. The Balaban J connectivity index is -0.00000364. The summed E-state index contributed by atoms with van der Waals surface area (Å²) in [6, 6.07) is 0. The first kappa shape index (κ1) is 31.3. The van der Waals surface area contributed by atoms with Crippen molar-refractivity contribution in [3.8, 4) is 0 Å². The fourth-order valence-electron chi connectivity index (χ4n) is 4.06. The second-order valence-electron chi connectivity index (χ2n) is 8.92. The van der Waals surface area contributed by atoms with Crippen molar-refractivity contribution in [2.45, 2.75) is 161 Å². The molecule has 2 nitrogen and oxygen atoms in total. The van der Waals surface area contributed by atoms with Gasteiger partial charge in [0.2, 0.25) is 0 Å². The van der Waals surface area contributed by atoms with Crippen LogP contribution in [0.15, 0.2) is 0 Å². The number of unbranched alkanes of at least 4 members (excludes halogenated alkanes) is 22. The molecule has 1 N–H and O–H groups in total.